The maximum absolute atomic E-state index is 11.8. The van der Waals surface area contributed by atoms with E-state index in [1.807, 2.05) is 13.8 Å². The Labute approximate surface area is 110 Å². The van der Waals surface area contributed by atoms with E-state index in [9.17, 15) is 4.79 Å². The summed E-state index contributed by atoms with van der Waals surface area (Å²) in [5, 5.41) is 3.13. The molecule has 104 valence electrons. The number of rotatable bonds is 4. The van der Waals surface area contributed by atoms with Crippen LogP contribution in [0.3, 0.4) is 0 Å². The number of nitrogens with zero attached hydrogens (tertiary/aromatic N) is 1. The Balaban J connectivity index is 1.79. The summed E-state index contributed by atoms with van der Waals surface area (Å²) in [5.41, 5.74) is 0. The summed E-state index contributed by atoms with van der Waals surface area (Å²) >= 11 is 0. The molecule has 0 aromatic heterocycles. The number of hydrogen-bond donors (Lipinski definition) is 1. The van der Waals surface area contributed by atoms with Crippen molar-refractivity contribution in [3.63, 3.8) is 0 Å². The number of amides is 1. The molecule has 2 bridgehead atoms. The standard InChI is InChI=1S/C14H26N2O2/c1-10(2)18-9-14(17)15-11-7-12-5-4-6-13(8-11)16(12)3/h10-13H,4-9H2,1-3H3,(H,15,17). The molecule has 0 spiro atoms. The quantitative estimate of drug-likeness (QED) is 0.827. The number of carbonyl (C=O) groups excluding carboxylic acids is 1. The van der Waals surface area contributed by atoms with Gasteiger partial charge in [0.15, 0.2) is 0 Å². The molecule has 2 unspecified atom stereocenters. The smallest absolute Gasteiger partial charge is 0.246 e. The topological polar surface area (TPSA) is 41.6 Å². The summed E-state index contributed by atoms with van der Waals surface area (Å²) in [6.07, 6.45) is 6.22. The molecule has 4 nitrogen and oxygen atoms in total. The number of carbonyl (C=O) groups is 1. The largest absolute Gasteiger partial charge is 0.369 e. The molecule has 2 fully saturated rings. The summed E-state index contributed by atoms with van der Waals surface area (Å²) in [6.45, 7) is 4.10. The zero-order chi connectivity index (χ0) is 13.1. The van der Waals surface area contributed by atoms with Crippen LogP contribution in [0.5, 0.6) is 0 Å². The molecule has 0 aromatic carbocycles. The highest BCUT2D eigenvalue weighted by Crippen LogP contribution is 2.32. The fourth-order valence-electron chi connectivity index (χ4n) is 3.25. The van der Waals surface area contributed by atoms with Gasteiger partial charge in [-0.2, -0.15) is 0 Å². The third-order valence-corrected chi connectivity index (χ3v) is 4.25. The van der Waals surface area contributed by atoms with Crippen molar-refractivity contribution < 1.29 is 9.53 Å². The highest BCUT2D eigenvalue weighted by molar-refractivity contribution is 5.77. The van der Waals surface area contributed by atoms with E-state index in [2.05, 4.69) is 17.3 Å². The second kappa shape index (κ2) is 6.02. The molecular formula is C14H26N2O2. The number of nitrogens with one attached hydrogen (secondary N) is 1. The Morgan fingerprint density at radius 2 is 1.94 bits per heavy atom. The summed E-state index contributed by atoms with van der Waals surface area (Å²) in [4.78, 5) is 14.3. The van der Waals surface area contributed by atoms with Crippen molar-refractivity contribution in [2.45, 2.75) is 70.2 Å². The van der Waals surface area contributed by atoms with E-state index in [-0.39, 0.29) is 18.6 Å². The van der Waals surface area contributed by atoms with Gasteiger partial charge < -0.3 is 15.0 Å². The fourth-order valence-corrected chi connectivity index (χ4v) is 3.25. The molecule has 0 aliphatic carbocycles. The lowest BCUT2D eigenvalue weighted by Gasteiger charge is -2.47. The molecule has 0 saturated carbocycles. The van der Waals surface area contributed by atoms with Crippen molar-refractivity contribution in [1.29, 1.82) is 0 Å². The van der Waals surface area contributed by atoms with Gasteiger partial charge >= 0.3 is 0 Å². The van der Waals surface area contributed by atoms with Gasteiger partial charge in [0, 0.05) is 18.1 Å². The van der Waals surface area contributed by atoms with Gasteiger partial charge in [0.1, 0.15) is 6.61 Å². The number of ether oxygens (including phenoxy) is 1. The van der Waals surface area contributed by atoms with Gasteiger partial charge in [0.05, 0.1) is 6.10 Å². The molecule has 2 saturated heterocycles. The van der Waals surface area contributed by atoms with Gasteiger partial charge in [0.25, 0.3) is 0 Å². The molecule has 1 amide bonds. The molecule has 2 atom stereocenters. The van der Waals surface area contributed by atoms with Gasteiger partial charge in [-0.3, -0.25) is 4.79 Å². The van der Waals surface area contributed by atoms with Crippen LogP contribution in [-0.4, -0.2) is 48.7 Å². The molecule has 18 heavy (non-hydrogen) atoms. The summed E-state index contributed by atoms with van der Waals surface area (Å²) in [5.74, 6) is 0.0383. The Kier molecular flexibility index (Phi) is 4.62. The first kappa shape index (κ1) is 13.8. The lowest BCUT2D eigenvalue weighted by molar-refractivity contribution is -0.128. The van der Waals surface area contributed by atoms with Crippen molar-refractivity contribution in [1.82, 2.24) is 10.2 Å². The van der Waals surface area contributed by atoms with Gasteiger partial charge in [0.2, 0.25) is 5.91 Å². The molecule has 4 heteroatoms. The van der Waals surface area contributed by atoms with Crippen LogP contribution in [0.15, 0.2) is 0 Å². The minimum Gasteiger partial charge on any atom is -0.369 e. The first-order chi connectivity index (χ1) is 8.56. The summed E-state index contributed by atoms with van der Waals surface area (Å²) in [7, 11) is 2.23. The molecule has 2 aliphatic heterocycles. The third-order valence-electron chi connectivity index (χ3n) is 4.25. The lowest BCUT2D eigenvalue weighted by atomic mass is 9.82. The van der Waals surface area contributed by atoms with Gasteiger partial charge in [-0.05, 0) is 46.6 Å². The van der Waals surface area contributed by atoms with Gasteiger partial charge in [-0.25, -0.2) is 0 Å². The monoisotopic (exact) mass is 254 g/mol. The summed E-state index contributed by atoms with van der Waals surface area (Å²) < 4.78 is 5.34. The normalized spacial score (nSPS) is 32.6. The number of piperidine rings is 2. The van der Waals surface area contributed by atoms with Crippen molar-refractivity contribution >= 4 is 5.91 Å². The van der Waals surface area contributed by atoms with E-state index >= 15 is 0 Å². The van der Waals surface area contributed by atoms with Crippen LogP contribution in [0, 0.1) is 0 Å². The average molecular weight is 254 g/mol. The number of hydrogen-bond acceptors (Lipinski definition) is 3. The van der Waals surface area contributed by atoms with Crippen LogP contribution >= 0.6 is 0 Å². The molecule has 2 heterocycles. The van der Waals surface area contributed by atoms with Crippen molar-refractivity contribution in [3.05, 3.63) is 0 Å². The van der Waals surface area contributed by atoms with Gasteiger partial charge in [-0.1, -0.05) is 6.42 Å². The van der Waals surface area contributed by atoms with E-state index in [0.717, 1.165) is 12.8 Å². The lowest BCUT2D eigenvalue weighted by Crippen LogP contribution is -2.55. The Hall–Kier alpha value is -0.610. The highest BCUT2D eigenvalue weighted by atomic mass is 16.5. The fraction of sp³-hybridized carbons (Fsp3) is 0.929. The SMILES string of the molecule is CC(C)OCC(=O)NC1CC2CCCC(C1)N2C. The van der Waals surface area contributed by atoms with E-state index in [4.69, 9.17) is 4.74 Å². The van der Waals surface area contributed by atoms with Crippen LogP contribution in [-0.2, 0) is 9.53 Å². The van der Waals surface area contributed by atoms with Gasteiger partial charge in [-0.15, -0.1) is 0 Å². The Bertz CT molecular complexity index is 280. The molecule has 0 aromatic rings. The van der Waals surface area contributed by atoms with Crippen molar-refractivity contribution in [2.24, 2.45) is 0 Å². The molecule has 2 aliphatic rings. The third kappa shape index (κ3) is 3.45. The predicted octanol–water partition coefficient (Wildman–Crippen LogP) is 1.54. The van der Waals surface area contributed by atoms with Crippen LogP contribution in [0.2, 0.25) is 0 Å². The minimum atomic E-state index is 0.0383. The molecule has 1 N–H and O–H groups in total. The van der Waals surface area contributed by atoms with E-state index < -0.39 is 0 Å². The van der Waals surface area contributed by atoms with E-state index in [1.54, 1.807) is 0 Å². The zero-order valence-corrected chi connectivity index (χ0v) is 11.8. The maximum atomic E-state index is 11.8. The van der Waals surface area contributed by atoms with Crippen molar-refractivity contribution in [2.75, 3.05) is 13.7 Å². The van der Waals surface area contributed by atoms with E-state index in [0.29, 0.717) is 18.1 Å². The Morgan fingerprint density at radius 1 is 1.33 bits per heavy atom. The maximum Gasteiger partial charge on any atom is 0.246 e. The van der Waals surface area contributed by atoms with Crippen LogP contribution in [0.25, 0.3) is 0 Å². The van der Waals surface area contributed by atoms with Crippen LogP contribution in [0.4, 0.5) is 0 Å². The summed E-state index contributed by atoms with van der Waals surface area (Å²) in [6, 6.07) is 1.67. The van der Waals surface area contributed by atoms with E-state index in [1.165, 1.54) is 19.3 Å². The molecular weight excluding hydrogens is 228 g/mol. The second-order valence-electron chi connectivity index (χ2n) is 6.00. The number of fused-ring (bicyclic) bond motifs is 2. The zero-order valence-electron chi connectivity index (χ0n) is 11.8. The first-order valence-electron chi connectivity index (χ1n) is 7.19. The predicted molar refractivity (Wildman–Crippen MR) is 71.4 cm³/mol. The Morgan fingerprint density at radius 3 is 2.50 bits per heavy atom. The minimum absolute atomic E-state index is 0.0383. The van der Waals surface area contributed by atoms with Crippen molar-refractivity contribution in [3.8, 4) is 0 Å². The first-order valence-corrected chi connectivity index (χ1v) is 7.19. The molecule has 0 radical (unpaired) electrons. The van der Waals surface area contributed by atoms with Crippen LogP contribution in [0.1, 0.15) is 46.0 Å². The molecule has 2 rings (SSSR count). The highest BCUT2D eigenvalue weighted by Gasteiger charge is 2.36. The van der Waals surface area contributed by atoms with Crippen LogP contribution < -0.4 is 5.32 Å². The average Bonchev–Trinajstić information content (AvgIpc) is 2.28. The second-order valence-corrected chi connectivity index (χ2v) is 6.00.